The van der Waals surface area contributed by atoms with Crippen LogP contribution in [0.2, 0.25) is 0 Å². The molecule has 1 heterocycles. The van der Waals surface area contributed by atoms with Gasteiger partial charge in [0.15, 0.2) is 0 Å². The van der Waals surface area contributed by atoms with Crippen LogP contribution in [0.3, 0.4) is 0 Å². The Hall–Kier alpha value is -4.39. The van der Waals surface area contributed by atoms with Crippen molar-refractivity contribution in [2.24, 2.45) is 5.92 Å². The van der Waals surface area contributed by atoms with E-state index in [2.05, 4.69) is 19.2 Å². The van der Waals surface area contributed by atoms with Gasteiger partial charge < -0.3 is 15.2 Å². The van der Waals surface area contributed by atoms with E-state index in [0.29, 0.717) is 34.9 Å². The third-order valence-electron chi connectivity index (χ3n) is 5.94. The minimum atomic E-state index is -0.879. The number of nitrogens with zero attached hydrogens (tertiary/aromatic N) is 1. The quantitative estimate of drug-likeness (QED) is 0.260. The van der Waals surface area contributed by atoms with Crippen LogP contribution in [0.25, 0.3) is 10.9 Å². The normalized spacial score (nSPS) is 11.0. The standard InChI is InChI=1S/C30H30N2O5/c1-20(2)18-21-9-11-22(12-10-21)30(36)32-16-15-23-19-24(13-14-26(23)32)29(35)31-25-6-3-4-7-27(25)37-17-5-8-28(33)34/h3-4,6-7,9-16,19-20H,5,8,17-18H2,1-2H3,(H,31,35)(H,33,34). The number of carbonyl (C=O) groups is 3. The molecule has 190 valence electrons. The smallest absolute Gasteiger partial charge is 0.303 e. The van der Waals surface area contributed by atoms with Gasteiger partial charge in [0.1, 0.15) is 5.75 Å². The summed E-state index contributed by atoms with van der Waals surface area (Å²) in [4.78, 5) is 36.8. The molecule has 0 atom stereocenters. The van der Waals surface area contributed by atoms with Crippen LogP contribution in [0, 0.1) is 5.92 Å². The Morgan fingerprint density at radius 2 is 1.68 bits per heavy atom. The number of benzene rings is 3. The molecule has 1 amide bonds. The maximum absolute atomic E-state index is 13.1. The summed E-state index contributed by atoms with van der Waals surface area (Å²) in [6.45, 7) is 4.56. The van der Waals surface area contributed by atoms with Gasteiger partial charge >= 0.3 is 5.97 Å². The van der Waals surface area contributed by atoms with Gasteiger partial charge in [-0.15, -0.1) is 0 Å². The van der Waals surface area contributed by atoms with Crippen LogP contribution in [0.5, 0.6) is 5.75 Å². The SMILES string of the molecule is CC(C)Cc1ccc(C(=O)n2ccc3cc(C(=O)Nc4ccccc4OCCCC(=O)O)ccc32)cc1. The first-order valence-corrected chi connectivity index (χ1v) is 12.3. The molecule has 0 aliphatic carbocycles. The van der Waals surface area contributed by atoms with Crippen LogP contribution >= 0.6 is 0 Å². The zero-order chi connectivity index (χ0) is 26.4. The Morgan fingerprint density at radius 3 is 2.41 bits per heavy atom. The monoisotopic (exact) mass is 498 g/mol. The summed E-state index contributed by atoms with van der Waals surface area (Å²) in [5.74, 6) is -0.305. The number of amides is 1. The highest BCUT2D eigenvalue weighted by molar-refractivity contribution is 6.08. The molecule has 3 aromatic carbocycles. The number of aromatic nitrogens is 1. The summed E-state index contributed by atoms with van der Waals surface area (Å²) in [6, 6.07) is 21.7. The number of carbonyl (C=O) groups excluding carboxylic acids is 2. The van der Waals surface area contributed by atoms with Crippen molar-refractivity contribution in [1.29, 1.82) is 0 Å². The van der Waals surface area contributed by atoms with Crippen LogP contribution in [-0.4, -0.2) is 34.1 Å². The van der Waals surface area contributed by atoms with Gasteiger partial charge in [0.05, 0.1) is 17.8 Å². The van der Waals surface area contributed by atoms with Crippen LogP contribution in [0.4, 0.5) is 5.69 Å². The molecule has 7 nitrogen and oxygen atoms in total. The number of ether oxygens (including phenoxy) is 1. The summed E-state index contributed by atoms with van der Waals surface area (Å²) in [5, 5.41) is 12.4. The lowest BCUT2D eigenvalue weighted by molar-refractivity contribution is -0.137. The third kappa shape index (κ3) is 6.44. The van der Waals surface area contributed by atoms with E-state index in [0.717, 1.165) is 17.3 Å². The lowest BCUT2D eigenvalue weighted by Crippen LogP contribution is -2.14. The Kier molecular flexibility index (Phi) is 8.03. The number of fused-ring (bicyclic) bond motifs is 1. The lowest BCUT2D eigenvalue weighted by Gasteiger charge is -2.12. The van der Waals surface area contributed by atoms with Crippen LogP contribution in [0.1, 0.15) is 53.0 Å². The minimum Gasteiger partial charge on any atom is -0.491 e. The molecule has 0 saturated carbocycles. The van der Waals surface area contributed by atoms with Gasteiger partial charge in [0.25, 0.3) is 11.8 Å². The molecule has 0 aliphatic rings. The van der Waals surface area contributed by atoms with E-state index in [1.54, 1.807) is 53.2 Å². The Labute approximate surface area is 215 Å². The number of carboxylic acids is 1. The highest BCUT2D eigenvalue weighted by atomic mass is 16.5. The molecule has 0 unspecified atom stereocenters. The van der Waals surface area contributed by atoms with E-state index in [1.807, 2.05) is 30.3 Å². The fourth-order valence-electron chi connectivity index (χ4n) is 4.15. The molecule has 2 N–H and O–H groups in total. The van der Waals surface area contributed by atoms with Crippen molar-refractivity contribution in [2.75, 3.05) is 11.9 Å². The van der Waals surface area contributed by atoms with Crippen molar-refractivity contribution in [3.05, 3.63) is 95.7 Å². The van der Waals surface area contributed by atoms with Crippen molar-refractivity contribution < 1.29 is 24.2 Å². The van der Waals surface area contributed by atoms with E-state index in [9.17, 15) is 14.4 Å². The Bertz CT molecular complexity index is 1420. The molecule has 0 bridgehead atoms. The molecule has 4 aromatic rings. The summed E-state index contributed by atoms with van der Waals surface area (Å²) >= 11 is 0. The number of aliphatic carboxylic acids is 1. The highest BCUT2D eigenvalue weighted by Crippen LogP contribution is 2.26. The van der Waals surface area contributed by atoms with E-state index >= 15 is 0 Å². The van der Waals surface area contributed by atoms with Crippen molar-refractivity contribution in [3.63, 3.8) is 0 Å². The zero-order valence-electron chi connectivity index (χ0n) is 20.9. The summed E-state index contributed by atoms with van der Waals surface area (Å²) in [6.07, 6.45) is 3.07. The summed E-state index contributed by atoms with van der Waals surface area (Å²) in [7, 11) is 0. The number of hydrogen-bond acceptors (Lipinski definition) is 4. The highest BCUT2D eigenvalue weighted by Gasteiger charge is 2.15. The van der Waals surface area contributed by atoms with E-state index in [4.69, 9.17) is 9.84 Å². The largest absolute Gasteiger partial charge is 0.491 e. The average molecular weight is 499 g/mol. The second-order valence-corrected chi connectivity index (χ2v) is 9.36. The third-order valence-corrected chi connectivity index (χ3v) is 5.94. The Balaban J connectivity index is 1.47. The van der Waals surface area contributed by atoms with Crippen molar-refractivity contribution in [2.45, 2.75) is 33.1 Å². The number of anilines is 1. The molecule has 0 fully saturated rings. The van der Waals surface area contributed by atoms with Gasteiger partial charge in [0, 0.05) is 29.1 Å². The van der Waals surface area contributed by atoms with Crippen LogP contribution in [0.15, 0.2) is 79.0 Å². The molecule has 1 aromatic heterocycles. The van der Waals surface area contributed by atoms with Gasteiger partial charge in [-0.1, -0.05) is 38.1 Å². The summed E-state index contributed by atoms with van der Waals surface area (Å²) < 4.78 is 7.27. The van der Waals surface area contributed by atoms with Crippen LogP contribution in [-0.2, 0) is 11.2 Å². The zero-order valence-corrected chi connectivity index (χ0v) is 20.9. The average Bonchev–Trinajstić information content (AvgIpc) is 3.30. The van der Waals surface area contributed by atoms with Gasteiger partial charge in [-0.2, -0.15) is 0 Å². The first-order valence-electron chi connectivity index (χ1n) is 12.3. The van der Waals surface area contributed by atoms with Gasteiger partial charge in [0.2, 0.25) is 0 Å². The maximum atomic E-state index is 13.1. The topological polar surface area (TPSA) is 97.6 Å². The molecular formula is C30H30N2O5. The van der Waals surface area contributed by atoms with Crippen molar-refractivity contribution in [3.8, 4) is 5.75 Å². The second-order valence-electron chi connectivity index (χ2n) is 9.36. The van der Waals surface area contributed by atoms with E-state index < -0.39 is 5.97 Å². The van der Waals surface area contributed by atoms with E-state index in [-0.39, 0.29) is 24.8 Å². The predicted octanol–water partition coefficient (Wildman–Crippen LogP) is 6.02. The molecule has 0 saturated heterocycles. The fourth-order valence-corrected chi connectivity index (χ4v) is 4.15. The lowest BCUT2D eigenvalue weighted by atomic mass is 10.0. The fraction of sp³-hybridized carbons (Fsp3) is 0.233. The van der Waals surface area contributed by atoms with E-state index in [1.165, 1.54) is 5.56 Å². The number of carboxylic acid groups (broad SMARTS) is 1. The molecule has 37 heavy (non-hydrogen) atoms. The Morgan fingerprint density at radius 1 is 0.946 bits per heavy atom. The maximum Gasteiger partial charge on any atom is 0.303 e. The van der Waals surface area contributed by atoms with Gasteiger partial charge in [-0.05, 0) is 72.9 Å². The first kappa shape index (κ1) is 25.7. The number of hydrogen-bond donors (Lipinski definition) is 2. The number of rotatable bonds is 10. The minimum absolute atomic E-state index is 0.0140. The van der Waals surface area contributed by atoms with Crippen LogP contribution < -0.4 is 10.1 Å². The predicted molar refractivity (Wildman–Crippen MR) is 143 cm³/mol. The second kappa shape index (κ2) is 11.6. The molecular weight excluding hydrogens is 468 g/mol. The molecule has 0 aliphatic heterocycles. The summed E-state index contributed by atoms with van der Waals surface area (Å²) in [5.41, 5.74) is 3.46. The van der Waals surface area contributed by atoms with Gasteiger partial charge in [-0.25, -0.2) is 0 Å². The van der Waals surface area contributed by atoms with Crippen molar-refractivity contribution >= 4 is 34.4 Å². The number of para-hydroxylation sites is 2. The molecule has 0 spiro atoms. The molecule has 4 rings (SSSR count). The van der Waals surface area contributed by atoms with Crippen molar-refractivity contribution in [1.82, 2.24) is 4.57 Å². The first-order chi connectivity index (χ1) is 17.8. The molecule has 0 radical (unpaired) electrons. The number of nitrogens with one attached hydrogen (secondary N) is 1. The molecule has 7 heteroatoms. The van der Waals surface area contributed by atoms with Gasteiger partial charge in [-0.3, -0.25) is 19.0 Å².